The van der Waals surface area contributed by atoms with Crippen LogP contribution in [0.25, 0.3) is 0 Å². The number of carbonyl (C=O) groups is 1. The first-order valence-corrected chi connectivity index (χ1v) is 6.78. The standard InChI is InChI=1S/C12H18N2O2S/c1-8-11(17-9(2)14-8)6-12(15)13-7-10-4-3-5-16-10/h10H,3-7H2,1-2H3,(H,13,15). The lowest BCUT2D eigenvalue weighted by Crippen LogP contribution is -2.32. The van der Waals surface area contributed by atoms with Gasteiger partial charge in [-0.2, -0.15) is 0 Å². The van der Waals surface area contributed by atoms with E-state index in [0.717, 1.165) is 35.0 Å². The molecule has 94 valence electrons. The van der Waals surface area contributed by atoms with Gasteiger partial charge in [-0.15, -0.1) is 11.3 Å². The molecule has 1 amide bonds. The second-order valence-electron chi connectivity index (χ2n) is 4.36. The Hall–Kier alpha value is -0.940. The van der Waals surface area contributed by atoms with Gasteiger partial charge in [0.2, 0.25) is 5.91 Å². The van der Waals surface area contributed by atoms with Crippen LogP contribution in [0.1, 0.15) is 28.4 Å². The van der Waals surface area contributed by atoms with Crippen molar-refractivity contribution < 1.29 is 9.53 Å². The lowest BCUT2D eigenvalue weighted by molar-refractivity contribution is -0.120. The number of hydrogen-bond acceptors (Lipinski definition) is 4. The first-order valence-electron chi connectivity index (χ1n) is 5.96. The van der Waals surface area contributed by atoms with Crippen molar-refractivity contribution >= 4 is 17.2 Å². The molecule has 0 spiro atoms. The quantitative estimate of drug-likeness (QED) is 0.888. The third-order valence-corrected chi connectivity index (χ3v) is 3.94. The monoisotopic (exact) mass is 254 g/mol. The van der Waals surface area contributed by atoms with Crippen LogP contribution in [0.4, 0.5) is 0 Å². The van der Waals surface area contributed by atoms with Gasteiger partial charge in [0.1, 0.15) is 0 Å². The molecule has 0 bridgehead atoms. The minimum atomic E-state index is 0.0623. The molecule has 2 rings (SSSR count). The zero-order valence-electron chi connectivity index (χ0n) is 10.3. The van der Waals surface area contributed by atoms with Gasteiger partial charge in [-0.25, -0.2) is 4.98 Å². The largest absolute Gasteiger partial charge is 0.376 e. The van der Waals surface area contributed by atoms with Crippen LogP contribution in [0.2, 0.25) is 0 Å². The SMILES string of the molecule is Cc1nc(C)c(CC(=O)NCC2CCCO2)s1. The highest BCUT2D eigenvalue weighted by atomic mass is 32.1. The Morgan fingerprint density at radius 2 is 2.41 bits per heavy atom. The molecular weight excluding hydrogens is 236 g/mol. The van der Waals surface area contributed by atoms with Gasteiger partial charge < -0.3 is 10.1 Å². The molecule has 1 aliphatic rings. The van der Waals surface area contributed by atoms with Crippen LogP contribution in [0.15, 0.2) is 0 Å². The van der Waals surface area contributed by atoms with Gasteiger partial charge in [0.05, 0.1) is 23.2 Å². The minimum absolute atomic E-state index is 0.0623. The van der Waals surface area contributed by atoms with Gasteiger partial charge in [-0.3, -0.25) is 4.79 Å². The maximum atomic E-state index is 11.7. The Balaban J connectivity index is 1.78. The van der Waals surface area contributed by atoms with E-state index in [1.165, 1.54) is 0 Å². The highest BCUT2D eigenvalue weighted by Gasteiger charge is 2.17. The van der Waals surface area contributed by atoms with Gasteiger partial charge in [0.25, 0.3) is 0 Å². The van der Waals surface area contributed by atoms with Crippen molar-refractivity contribution in [2.24, 2.45) is 0 Å². The number of nitrogens with one attached hydrogen (secondary N) is 1. The number of thiazole rings is 1. The molecule has 4 nitrogen and oxygen atoms in total. The molecule has 1 aromatic rings. The molecule has 17 heavy (non-hydrogen) atoms. The highest BCUT2D eigenvalue weighted by Crippen LogP contribution is 2.17. The average Bonchev–Trinajstić information content (AvgIpc) is 2.87. The van der Waals surface area contributed by atoms with Crippen molar-refractivity contribution in [3.63, 3.8) is 0 Å². The summed E-state index contributed by atoms with van der Waals surface area (Å²) >= 11 is 1.60. The molecule has 1 atom stereocenters. The Morgan fingerprint density at radius 3 is 3.00 bits per heavy atom. The number of hydrogen-bond donors (Lipinski definition) is 1. The molecule has 1 fully saturated rings. The van der Waals surface area contributed by atoms with E-state index < -0.39 is 0 Å². The topological polar surface area (TPSA) is 51.2 Å². The first kappa shape index (κ1) is 12.5. The zero-order valence-corrected chi connectivity index (χ0v) is 11.1. The van der Waals surface area contributed by atoms with Crippen LogP contribution in [0, 0.1) is 13.8 Å². The van der Waals surface area contributed by atoms with Crippen LogP contribution in [-0.4, -0.2) is 30.1 Å². The summed E-state index contributed by atoms with van der Waals surface area (Å²) in [6.45, 7) is 5.38. The summed E-state index contributed by atoms with van der Waals surface area (Å²) in [5, 5.41) is 3.94. The molecular formula is C12H18N2O2S. The number of ether oxygens (including phenoxy) is 1. The van der Waals surface area contributed by atoms with Crippen LogP contribution in [0.3, 0.4) is 0 Å². The zero-order chi connectivity index (χ0) is 12.3. The van der Waals surface area contributed by atoms with Gasteiger partial charge in [-0.05, 0) is 26.7 Å². The molecule has 2 heterocycles. The maximum Gasteiger partial charge on any atom is 0.225 e. The number of aromatic nitrogens is 1. The molecule has 1 aliphatic heterocycles. The summed E-state index contributed by atoms with van der Waals surface area (Å²) in [6, 6.07) is 0. The Labute approximate surface area is 105 Å². The van der Waals surface area contributed by atoms with Crippen molar-refractivity contribution in [1.82, 2.24) is 10.3 Å². The Kier molecular flexibility index (Phi) is 4.12. The third kappa shape index (κ3) is 3.51. The fraction of sp³-hybridized carbons (Fsp3) is 0.667. The van der Waals surface area contributed by atoms with E-state index in [2.05, 4.69) is 10.3 Å². The second-order valence-corrected chi connectivity index (χ2v) is 5.65. The van der Waals surface area contributed by atoms with Crippen LogP contribution >= 0.6 is 11.3 Å². The summed E-state index contributed by atoms with van der Waals surface area (Å²) < 4.78 is 5.46. The van der Waals surface area contributed by atoms with Crippen molar-refractivity contribution in [1.29, 1.82) is 0 Å². The molecule has 1 aromatic heterocycles. The predicted octanol–water partition coefficient (Wildman–Crippen LogP) is 1.60. The van der Waals surface area contributed by atoms with E-state index in [4.69, 9.17) is 4.74 Å². The summed E-state index contributed by atoms with van der Waals surface area (Å²) in [7, 11) is 0. The molecule has 1 unspecified atom stereocenters. The predicted molar refractivity (Wildman–Crippen MR) is 67.3 cm³/mol. The number of aryl methyl sites for hydroxylation is 2. The summed E-state index contributed by atoms with van der Waals surface area (Å²) in [4.78, 5) is 17.1. The number of amides is 1. The third-order valence-electron chi connectivity index (χ3n) is 2.87. The minimum Gasteiger partial charge on any atom is -0.376 e. The molecule has 1 N–H and O–H groups in total. The lowest BCUT2D eigenvalue weighted by atomic mass is 10.2. The summed E-state index contributed by atoms with van der Waals surface area (Å²) in [5.41, 5.74) is 0.972. The van der Waals surface area contributed by atoms with Crippen molar-refractivity contribution in [3.05, 3.63) is 15.6 Å². The lowest BCUT2D eigenvalue weighted by Gasteiger charge is -2.10. The highest BCUT2D eigenvalue weighted by molar-refractivity contribution is 7.11. The summed E-state index contributed by atoms with van der Waals surface area (Å²) in [5.74, 6) is 0.0623. The fourth-order valence-electron chi connectivity index (χ4n) is 1.98. The first-order chi connectivity index (χ1) is 8.15. The van der Waals surface area contributed by atoms with Crippen LogP contribution < -0.4 is 5.32 Å². The van der Waals surface area contributed by atoms with E-state index in [9.17, 15) is 4.79 Å². The van der Waals surface area contributed by atoms with E-state index >= 15 is 0 Å². The second kappa shape index (κ2) is 5.60. The van der Waals surface area contributed by atoms with Crippen molar-refractivity contribution in [3.8, 4) is 0 Å². The van der Waals surface area contributed by atoms with Crippen LogP contribution in [-0.2, 0) is 16.0 Å². The van der Waals surface area contributed by atoms with E-state index in [0.29, 0.717) is 13.0 Å². The normalized spacial score (nSPS) is 19.5. The smallest absolute Gasteiger partial charge is 0.225 e. The van der Waals surface area contributed by atoms with E-state index in [-0.39, 0.29) is 12.0 Å². The fourth-order valence-corrected chi connectivity index (χ4v) is 2.91. The maximum absolute atomic E-state index is 11.7. The molecule has 0 saturated carbocycles. The Morgan fingerprint density at radius 1 is 1.59 bits per heavy atom. The Bertz CT molecular complexity index is 397. The summed E-state index contributed by atoms with van der Waals surface area (Å²) in [6.07, 6.45) is 2.81. The molecule has 0 radical (unpaired) electrons. The average molecular weight is 254 g/mol. The number of rotatable bonds is 4. The van der Waals surface area contributed by atoms with Crippen molar-refractivity contribution in [2.75, 3.05) is 13.2 Å². The molecule has 0 aliphatic carbocycles. The van der Waals surface area contributed by atoms with Crippen molar-refractivity contribution in [2.45, 2.75) is 39.2 Å². The van der Waals surface area contributed by atoms with Gasteiger partial charge in [-0.1, -0.05) is 0 Å². The van der Waals surface area contributed by atoms with Gasteiger partial charge in [0.15, 0.2) is 0 Å². The number of nitrogens with zero attached hydrogens (tertiary/aromatic N) is 1. The molecule has 5 heteroatoms. The van der Waals surface area contributed by atoms with E-state index in [1.807, 2.05) is 13.8 Å². The van der Waals surface area contributed by atoms with Crippen LogP contribution in [0.5, 0.6) is 0 Å². The molecule has 1 saturated heterocycles. The van der Waals surface area contributed by atoms with Gasteiger partial charge in [0, 0.05) is 18.0 Å². The number of carbonyl (C=O) groups excluding carboxylic acids is 1. The molecule has 0 aromatic carbocycles. The van der Waals surface area contributed by atoms with E-state index in [1.54, 1.807) is 11.3 Å². The van der Waals surface area contributed by atoms with Gasteiger partial charge >= 0.3 is 0 Å².